The predicted octanol–water partition coefficient (Wildman–Crippen LogP) is 4.56. The third-order valence-electron chi connectivity index (χ3n) is 4.01. The van der Waals surface area contributed by atoms with E-state index in [2.05, 4.69) is 11.4 Å². The van der Waals surface area contributed by atoms with E-state index in [1.165, 1.54) is 17.3 Å². The van der Waals surface area contributed by atoms with Crippen LogP contribution in [0.2, 0.25) is 0 Å². The fraction of sp³-hybridized carbons (Fsp3) is 0.318. The third-order valence-corrected chi connectivity index (χ3v) is 5.16. The highest BCUT2D eigenvalue weighted by molar-refractivity contribution is 8.00. The van der Waals surface area contributed by atoms with Gasteiger partial charge in [0, 0.05) is 22.6 Å². The van der Waals surface area contributed by atoms with Crippen molar-refractivity contribution >= 4 is 35.1 Å². The number of benzene rings is 2. The number of anilines is 1. The van der Waals surface area contributed by atoms with Gasteiger partial charge >= 0.3 is 5.97 Å². The number of ether oxygens (including phenoxy) is 1. The van der Waals surface area contributed by atoms with Crippen molar-refractivity contribution in [2.24, 2.45) is 0 Å². The van der Waals surface area contributed by atoms with Gasteiger partial charge in [-0.3, -0.25) is 14.4 Å². The molecule has 0 bridgehead atoms. The maximum absolute atomic E-state index is 12.2. The number of Topliss-reactive ketones (excluding diaryl/α,β-unsaturated/α-hetero) is 1. The number of aryl methyl sites for hydroxylation is 2. The molecule has 1 amide bonds. The van der Waals surface area contributed by atoms with Gasteiger partial charge in [0.1, 0.15) is 0 Å². The second-order valence-electron chi connectivity index (χ2n) is 6.52. The van der Waals surface area contributed by atoms with Crippen LogP contribution in [0.15, 0.2) is 47.4 Å². The summed E-state index contributed by atoms with van der Waals surface area (Å²) in [7, 11) is 0. The number of carbonyl (C=O) groups excluding carboxylic acids is 3. The summed E-state index contributed by atoms with van der Waals surface area (Å²) in [4.78, 5) is 36.7. The van der Waals surface area contributed by atoms with Crippen molar-refractivity contribution in [2.75, 3.05) is 17.7 Å². The zero-order valence-electron chi connectivity index (χ0n) is 16.4. The Labute approximate surface area is 169 Å². The lowest BCUT2D eigenvalue weighted by molar-refractivity contribution is -0.139. The van der Waals surface area contributed by atoms with Crippen molar-refractivity contribution in [3.63, 3.8) is 0 Å². The van der Waals surface area contributed by atoms with Crippen LogP contribution in [0, 0.1) is 13.8 Å². The summed E-state index contributed by atoms with van der Waals surface area (Å²) in [6.45, 7) is 5.66. The molecular formula is C22H25NO4S. The van der Waals surface area contributed by atoms with Crippen molar-refractivity contribution in [1.29, 1.82) is 0 Å². The molecule has 0 radical (unpaired) electrons. The van der Waals surface area contributed by atoms with Gasteiger partial charge in [-0.1, -0.05) is 24.6 Å². The van der Waals surface area contributed by atoms with Crippen LogP contribution < -0.4 is 5.32 Å². The van der Waals surface area contributed by atoms with Crippen LogP contribution in [-0.4, -0.2) is 30.0 Å². The van der Waals surface area contributed by atoms with Gasteiger partial charge in [0.05, 0.1) is 5.75 Å². The van der Waals surface area contributed by atoms with Crippen LogP contribution >= 0.6 is 11.8 Å². The molecule has 2 rings (SSSR count). The minimum Gasteiger partial charge on any atom is -0.457 e. The molecule has 2 aromatic carbocycles. The summed E-state index contributed by atoms with van der Waals surface area (Å²) >= 11 is 1.40. The van der Waals surface area contributed by atoms with E-state index < -0.39 is 5.97 Å². The minimum absolute atomic E-state index is 0.0585. The quantitative estimate of drug-likeness (QED) is 0.380. The molecule has 0 fully saturated rings. The average molecular weight is 400 g/mol. The number of nitrogens with one attached hydrogen (secondary N) is 1. The Kier molecular flexibility index (Phi) is 8.26. The van der Waals surface area contributed by atoms with E-state index in [4.69, 9.17) is 4.74 Å². The summed E-state index contributed by atoms with van der Waals surface area (Å²) in [5.41, 5.74) is 3.35. The molecule has 0 aromatic heterocycles. The number of thioether (sulfide) groups is 1. The predicted molar refractivity (Wildman–Crippen MR) is 112 cm³/mol. The third kappa shape index (κ3) is 6.85. The van der Waals surface area contributed by atoms with Crippen LogP contribution in [0.4, 0.5) is 5.69 Å². The lowest BCUT2D eigenvalue weighted by Gasteiger charge is -2.08. The summed E-state index contributed by atoms with van der Waals surface area (Å²) < 4.78 is 5.09. The van der Waals surface area contributed by atoms with Gasteiger partial charge in [0.15, 0.2) is 12.4 Å². The first-order valence-electron chi connectivity index (χ1n) is 9.18. The molecule has 5 nitrogen and oxygen atoms in total. The van der Waals surface area contributed by atoms with Crippen LogP contribution in [0.3, 0.4) is 0 Å². The number of ketones is 1. The van der Waals surface area contributed by atoms with Crippen molar-refractivity contribution in [3.05, 3.63) is 59.2 Å². The number of rotatable bonds is 9. The summed E-state index contributed by atoms with van der Waals surface area (Å²) in [5, 5.41) is 2.76. The van der Waals surface area contributed by atoms with Gasteiger partial charge in [0.2, 0.25) is 5.91 Å². The molecule has 0 aliphatic rings. The number of esters is 1. The van der Waals surface area contributed by atoms with E-state index in [1.54, 1.807) is 24.3 Å². The number of amides is 1. The Balaban J connectivity index is 1.79. The minimum atomic E-state index is -0.429. The Bertz CT molecular complexity index is 846. The first-order chi connectivity index (χ1) is 13.4. The standard InChI is InChI=1S/C22H25NO4S/c1-4-5-21(25)23-18-9-7-17(8-10-18)19(24)13-27-22(26)14-28-20-11-6-15(2)12-16(20)3/h6-12H,4-5,13-14H2,1-3H3,(H,23,25). The zero-order chi connectivity index (χ0) is 20.5. The smallest absolute Gasteiger partial charge is 0.316 e. The van der Waals surface area contributed by atoms with E-state index in [1.807, 2.05) is 32.9 Å². The largest absolute Gasteiger partial charge is 0.457 e. The molecule has 148 valence electrons. The van der Waals surface area contributed by atoms with Gasteiger partial charge in [0.25, 0.3) is 0 Å². The summed E-state index contributed by atoms with van der Waals surface area (Å²) in [6.07, 6.45) is 1.23. The molecule has 0 aliphatic carbocycles. The van der Waals surface area contributed by atoms with Gasteiger partial charge in [-0.2, -0.15) is 0 Å². The highest BCUT2D eigenvalue weighted by atomic mass is 32.2. The van der Waals surface area contributed by atoms with Gasteiger partial charge in [-0.15, -0.1) is 11.8 Å². The average Bonchev–Trinajstić information content (AvgIpc) is 2.66. The van der Waals surface area contributed by atoms with Crippen LogP contribution in [-0.2, 0) is 14.3 Å². The van der Waals surface area contributed by atoms with Gasteiger partial charge in [-0.25, -0.2) is 0 Å². The van der Waals surface area contributed by atoms with Crippen molar-refractivity contribution in [3.8, 4) is 0 Å². The Morgan fingerprint density at radius 3 is 2.39 bits per heavy atom. The van der Waals surface area contributed by atoms with E-state index in [0.29, 0.717) is 17.7 Å². The SMILES string of the molecule is CCCC(=O)Nc1ccc(C(=O)COC(=O)CSc2ccc(C)cc2C)cc1. The van der Waals surface area contributed by atoms with E-state index in [9.17, 15) is 14.4 Å². The maximum Gasteiger partial charge on any atom is 0.316 e. The molecule has 0 aliphatic heterocycles. The molecule has 6 heteroatoms. The second-order valence-corrected chi connectivity index (χ2v) is 7.53. The monoisotopic (exact) mass is 399 g/mol. The van der Waals surface area contributed by atoms with Crippen LogP contribution in [0.1, 0.15) is 41.3 Å². The highest BCUT2D eigenvalue weighted by Crippen LogP contribution is 2.23. The lowest BCUT2D eigenvalue weighted by Crippen LogP contribution is -2.16. The second kappa shape index (κ2) is 10.7. The van der Waals surface area contributed by atoms with Crippen LogP contribution in [0.5, 0.6) is 0 Å². The van der Waals surface area contributed by atoms with E-state index in [0.717, 1.165) is 16.9 Å². The molecule has 0 atom stereocenters. The summed E-state index contributed by atoms with van der Waals surface area (Å²) in [5.74, 6) is -0.616. The number of hydrogen-bond acceptors (Lipinski definition) is 5. The lowest BCUT2D eigenvalue weighted by atomic mass is 10.1. The molecule has 0 saturated heterocycles. The maximum atomic E-state index is 12.2. The first-order valence-corrected chi connectivity index (χ1v) is 10.2. The molecule has 0 saturated carbocycles. The molecular weight excluding hydrogens is 374 g/mol. The molecule has 1 N–H and O–H groups in total. The Morgan fingerprint density at radius 2 is 1.75 bits per heavy atom. The molecule has 0 heterocycles. The van der Waals surface area contributed by atoms with Crippen molar-refractivity contribution < 1.29 is 19.1 Å². The molecule has 0 unspecified atom stereocenters. The number of hydrogen-bond donors (Lipinski definition) is 1. The normalized spacial score (nSPS) is 10.4. The van der Waals surface area contributed by atoms with Gasteiger partial charge < -0.3 is 10.1 Å². The molecule has 28 heavy (non-hydrogen) atoms. The van der Waals surface area contributed by atoms with Crippen molar-refractivity contribution in [2.45, 2.75) is 38.5 Å². The van der Waals surface area contributed by atoms with Gasteiger partial charge in [-0.05, 0) is 56.2 Å². The molecule has 2 aromatic rings. The summed E-state index contributed by atoms with van der Waals surface area (Å²) in [6, 6.07) is 12.6. The van der Waals surface area contributed by atoms with E-state index in [-0.39, 0.29) is 24.1 Å². The number of carbonyl (C=O) groups is 3. The van der Waals surface area contributed by atoms with Crippen LogP contribution in [0.25, 0.3) is 0 Å². The molecule has 0 spiro atoms. The Morgan fingerprint density at radius 1 is 1.04 bits per heavy atom. The van der Waals surface area contributed by atoms with Crippen molar-refractivity contribution in [1.82, 2.24) is 0 Å². The zero-order valence-corrected chi connectivity index (χ0v) is 17.2. The Hall–Kier alpha value is -2.60. The topological polar surface area (TPSA) is 72.5 Å². The van der Waals surface area contributed by atoms with E-state index >= 15 is 0 Å². The fourth-order valence-corrected chi connectivity index (χ4v) is 3.37. The fourth-order valence-electron chi connectivity index (χ4n) is 2.56. The first kappa shape index (κ1) is 21.7. The highest BCUT2D eigenvalue weighted by Gasteiger charge is 2.11.